The van der Waals surface area contributed by atoms with E-state index in [-0.39, 0.29) is 6.04 Å². The van der Waals surface area contributed by atoms with Gasteiger partial charge in [-0.15, -0.1) is 0 Å². The highest BCUT2D eigenvalue weighted by Gasteiger charge is 2.33. The highest BCUT2D eigenvalue weighted by atomic mass is 79.9. The molecule has 2 heterocycles. The van der Waals surface area contributed by atoms with Crippen LogP contribution < -0.4 is 5.32 Å². The van der Waals surface area contributed by atoms with Gasteiger partial charge in [0.1, 0.15) is 6.04 Å². The Labute approximate surface area is 148 Å². The molecule has 122 valence electrons. The summed E-state index contributed by atoms with van der Waals surface area (Å²) in [6.07, 6.45) is 0.484. The van der Waals surface area contributed by atoms with Crippen LogP contribution in [0, 0.1) is 6.92 Å². The van der Waals surface area contributed by atoms with Gasteiger partial charge in [-0.2, -0.15) is 0 Å². The fourth-order valence-electron chi connectivity index (χ4n) is 3.59. The van der Waals surface area contributed by atoms with E-state index in [4.69, 9.17) is 0 Å². The summed E-state index contributed by atoms with van der Waals surface area (Å²) >= 11 is 3.54. The molecule has 3 N–H and O–H groups in total. The first-order chi connectivity index (χ1) is 11.5. The summed E-state index contributed by atoms with van der Waals surface area (Å²) in [5.41, 5.74) is 5.40. The van der Waals surface area contributed by atoms with Gasteiger partial charge in [0.25, 0.3) is 0 Å². The van der Waals surface area contributed by atoms with Crippen molar-refractivity contribution in [2.24, 2.45) is 0 Å². The van der Waals surface area contributed by atoms with Gasteiger partial charge < -0.3 is 10.1 Å². The molecular weight excluding hydrogens is 368 g/mol. The van der Waals surface area contributed by atoms with Gasteiger partial charge in [-0.3, -0.25) is 10.1 Å². The first-order valence-corrected chi connectivity index (χ1v) is 8.67. The predicted molar refractivity (Wildman–Crippen MR) is 97.3 cm³/mol. The monoisotopic (exact) mass is 384 g/mol. The minimum Gasteiger partial charge on any atom is -0.480 e. The van der Waals surface area contributed by atoms with E-state index in [1.165, 1.54) is 0 Å². The first-order valence-electron chi connectivity index (χ1n) is 7.88. The van der Waals surface area contributed by atoms with Crippen LogP contribution in [0.25, 0.3) is 10.9 Å². The number of hydrogen-bond acceptors (Lipinski definition) is 2. The Kier molecular flexibility index (Phi) is 3.70. The van der Waals surface area contributed by atoms with Crippen LogP contribution >= 0.6 is 15.9 Å². The van der Waals surface area contributed by atoms with Crippen LogP contribution in [-0.4, -0.2) is 22.1 Å². The van der Waals surface area contributed by atoms with Gasteiger partial charge in [-0.25, -0.2) is 0 Å². The molecule has 1 aliphatic rings. The van der Waals surface area contributed by atoms with E-state index in [9.17, 15) is 9.90 Å². The van der Waals surface area contributed by atoms with E-state index in [2.05, 4.69) is 38.4 Å². The number of aliphatic carboxylic acids is 1. The van der Waals surface area contributed by atoms with Crippen LogP contribution in [0.2, 0.25) is 0 Å². The molecule has 2 aromatic carbocycles. The van der Waals surface area contributed by atoms with Gasteiger partial charge >= 0.3 is 5.97 Å². The lowest BCUT2D eigenvalue weighted by Gasteiger charge is -2.30. The number of H-pyrrole nitrogens is 1. The molecule has 0 fully saturated rings. The SMILES string of the molecule is Cc1cc(Br)cc(C2NC(C(=O)O)Cc3c2[nH]c2ccccc32)c1. The third-order valence-corrected chi connectivity index (χ3v) is 5.07. The molecule has 0 bridgehead atoms. The van der Waals surface area contributed by atoms with Crippen LogP contribution in [0.4, 0.5) is 0 Å². The van der Waals surface area contributed by atoms with Crippen LogP contribution in [0.5, 0.6) is 0 Å². The molecule has 1 aliphatic heterocycles. The second-order valence-corrected chi connectivity index (χ2v) is 7.24. The molecule has 0 saturated heterocycles. The number of aryl methyl sites for hydroxylation is 1. The number of halogens is 1. The lowest BCUT2D eigenvalue weighted by Crippen LogP contribution is -2.45. The minimum atomic E-state index is -0.817. The van der Waals surface area contributed by atoms with E-state index in [1.807, 2.05) is 37.3 Å². The van der Waals surface area contributed by atoms with E-state index < -0.39 is 12.0 Å². The molecule has 4 rings (SSSR count). The Morgan fingerprint density at radius 1 is 1.25 bits per heavy atom. The number of benzene rings is 2. The average molecular weight is 385 g/mol. The van der Waals surface area contributed by atoms with Gasteiger partial charge in [0.05, 0.1) is 6.04 Å². The molecule has 24 heavy (non-hydrogen) atoms. The molecule has 0 radical (unpaired) electrons. The van der Waals surface area contributed by atoms with Crippen molar-refractivity contribution >= 4 is 32.8 Å². The van der Waals surface area contributed by atoms with Gasteiger partial charge in [0, 0.05) is 27.5 Å². The van der Waals surface area contributed by atoms with Crippen LogP contribution in [0.3, 0.4) is 0 Å². The molecule has 4 nitrogen and oxygen atoms in total. The molecule has 5 heteroatoms. The van der Waals surface area contributed by atoms with Crippen LogP contribution in [-0.2, 0) is 11.2 Å². The standard InChI is InChI=1S/C19H17BrN2O2/c1-10-6-11(8-12(20)7-10)17-18-14(9-16(22-17)19(23)24)13-4-2-3-5-15(13)21-18/h2-8,16-17,21-22H,9H2,1H3,(H,23,24). The summed E-state index contributed by atoms with van der Waals surface area (Å²) in [5, 5.41) is 14.0. The Hall–Kier alpha value is -2.11. The second-order valence-electron chi connectivity index (χ2n) is 6.32. The maximum atomic E-state index is 11.7. The normalized spacial score (nSPS) is 20.1. The highest BCUT2D eigenvalue weighted by molar-refractivity contribution is 9.10. The zero-order valence-corrected chi connectivity index (χ0v) is 14.7. The molecule has 0 saturated carbocycles. The summed E-state index contributed by atoms with van der Waals surface area (Å²) in [4.78, 5) is 15.1. The van der Waals surface area contributed by atoms with Crippen molar-refractivity contribution in [3.63, 3.8) is 0 Å². The summed E-state index contributed by atoms with van der Waals surface area (Å²) < 4.78 is 0.995. The Balaban J connectivity index is 1.92. The van der Waals surface area contributed by atoms with Crippen molar-refractivity contribution < 1.29 is 9.90 Å². The smallest absolute Gasteiger partial charge is 0.321 e. The summed E-state index contributed by atoms with van der Waals surface area (Å²) in [6.45, 7) is 2.04. The van der Waals surface area contributed by atoms with Crippen molar-refractivity contribution in [2.45, 2.75) is 25.4 Å². The maximum Gasteiger partial charge on any atom is 0.321 e. The summed E-state index contributed by atoms with van der Waals surface area (Å²) in [5.74, 6) is -0.817. The van der Waals surface area contributed by atoms with Crippen molar-refractivity contribution in [3.8, 4) is 0 Å². The number of carboxylic acids is 1. The van der Waals surface area contributed by atoms with E-state index in [0.29, 0.717) is 6.42 Å². The maximum absolute atomic E-state index is 11.7. The Morgan fingerprint density at radius 2 is 2.04 bits per heavy atom. The quantitative estimate of drug-likeness (QED) is 0.627. The third kappa shape index (κ3) is 2.54. The second kappa shape index (κ2) is 5.76. The van der Waals surface area contributed by atoms with Crippen molar-refractivity contribution in [1.82, 2.24) is 10.3 Å². The number of carboxylic acid groups (broad SMARTS) is 1. The van der Waals surface area contributed by atoms with E-state index >= 15 is 0 Å². The van der Waals surface area contributed by atoms with Gasteiger partial charge in [-0.05, 0) is 41.8 Å². The van der Waals surface area contributed by atoms with E-state index in [1.54, 1.807) is 0 Å². The number of fused-ring (bicyclic) bond motifs is 3. The number of aromatic amines is 1. The first kappa shape index (κ1) is 15.4. The Bertz CT molecular complexity index is 927. The van der Waals surface area contributed by atoms with Crippen molar-refractivity contribution in [3.05, 3.63) is 69.3 Å². The zero-order chi connectivity index (χ0) is 16.8. The molecule has 0 spiro atoms. The molecule has 0 amide bonds. The molecule has 2 atom stereocenters. The number of rotatable bonds is 2. The fourth-order valence-corrected chi connectivity index (χ4v) is 4.21. The number of carbonyl (C=O) groups is 1. The molecule has 3 aromatic rings. The molecule has 1 aromatic heterocycles. The highest BCUT2D eigenvalue weighted by Crippen LogP contribution is 2.36. The predicted octanol–water partition coefficient (Wildman–Crippen LogP) is 3.93. The summed E-state index contributed by atoms with van der Waals surface area (Å²) in [7, 11) is 0. The minimum absolute atomic E-state index is 0.168. The summed E-state index contributed by atoms with van der Waals surface area (Å²) in [6, 6.07) is 13.5. The largest absolute Gasteiger partial charge is 0.480 e. The van der Waals surface area contributed by atoms with Crippen LogP contribution in [0.15, 0.2) is 46.9 Å². The molecule has 0 aliphatic carbocycles. The number of aromatic nitrogens is 1. The number of hydrogen-bond donors (Lipinski definition) is 3. The topological polar surface area (TPSA) is 65.1 Å². The van der Waals surface area contributed by atoms with Crippen LogP contribution in [0.1, 0.15) is 28.4 Å². The van der Waals surface area contributed by atoms with Gasteiger partial charge in [-0.1, -0.05) is 40.2 Å². The zero-order valence-electron chi connectivity index (χ0n) is 13.1. The molecular formula is C19H17BrN2O2. The van der Waals surface area contributed by atoms with E-state index in [0.717, 1.165) is 37.8 Å². The third-order valence-electron chi connectivity index (χ3n) is 4.61. The van der Waals surface area contributed by atoms with Crippen molar-refractivity contribution in [2.75, 3.05) is 0 Å². The lowest BCUT2D eigenvalue weighted by molar-refractivity contribution is -0.139. The Morgan fingerprint density at radius 3 is 2.79 bits per heavy atom. The number of nitrogens with one attached hydrogen (secondary N) is 2. The average Bonchev–Trinajstić information content (AvgIpc) is 2.91. The van der Waals surface area contributed by atoms with Gasteiger partial charge in [0.2, 0.25) is 0 Å². The van der Waals surface area contributed by atoms with Crippen molar-refractivity contribution in [1.29, 1.82) is 0 Å². The van der Waals surface area contributed by atoms with Gasteiger partial charge in [0.15, 0.2) is 0 Å². The fraction of sp³-hybridized carbons (Fsp3) is 0.211. The number of para-hydroxylation sites is 1. The lowest BCUT2D eigenvalue weighted by atomic mass is 9.90. The molecule has 2 unspecified atom stereocenters.